The number of methoxy groups -OCH3 is 1. The lowest BCUT2D eigenvalue weighted by molar-refractivity contribution is -0.113. The number of anilines is 2. The first kappa shape index (κ1) is 25.7. The highest BCUT2D eigenvalue weighted by Gasteiger charge is 2.20. The fraction of sp³-hybridized carbons (Fsp3) is 0.0667. The van der Waals surface area contributed by atoms with E-state index in [1.165, 1.54) is 11.8 Å². The van der Waals surface area contributed by atoms with Crippen LogP contribution in [0.2, 0.25) is 0 Å². The number of hydrogen-bond acceptors (Lipinski definition) is 6. The van der Waals surface area contributed by atoms with Crippen LogP contribution in [0.4, 0.5) is 11.4 Å². The van der Waals surface area contributed by atoms with Crippen LogP contribution in [-0.2, 0) is 4.79 Å². The molecule has 0 saturated carbocycles. The van der Waals surface area contributed by atoms with Crippen LogP contribution in [0.5, 0.6) is 5.75 Å². The predicted octanol–water partition coefficient (Wildman–Crippen LogP) is 5.93. The average molecular weight is 536 g/mol. The minimum Gasteiger partial charge on any atom is -0.495 e. The monoisotopic (exact) mass is 535 g/mol. The Labute approximate surface area is 230 Å². The molecule has 0 spiro atoms. The maximum Gasteiger partial charge on any atom is 0.255 e. The van der Waals surface area contributed by atoms with Gasteiger partial charge in [-0.05, 0) is 48.5 Å². The normalized spacial score (nSPS) is 10.6. The second kappa shape index (κ2) is 12.1. The van der Waals surface area contributed by atoms with E-state index in [9.17, 15) is 9.59 Å². The van der Waals surface area contributed by atoms with Crippen molar-refractivity contribution in [2.45, 2.75) is 5.16 Å². The van der Waals surface area contributed by atoms with Crippen LogP contribution in [0.3, 0.4) is 0 Å². The minimum atomic E-state index is -0.226. The Morgan fingerprint density at radius 3 is 2.15 bits per heavy atom. The molecule has 0 radical (unpaired) electrons. The van der Waals surface area contributed by atoms with E-state index in [4.69, 9.17) is 4.74 Å². The van der Waals surface area contributed by atoms with Crippen LogP contribution in [0.25, 0.3) is 17.1 Å². The van der Waals surface area contributed by atoms with E-state index in [0.29, 0.717) is 39.2 Å². The molecule has 39 heavy (non-hydrogen) atoms. The molecule has 0 bridgehead atoms. The highest BCUT2D eigenvalue weighted by Crippen LogP contribution is 2.32. The van der Waals surface area contributed by atoms with Gasteiger partial charge in [0.15, 0.2) is 11.0 Å². The minimum absolute atomic E-state index is 0.107. The van der Waals surface area contributed by atoms with Crippen LogP contribution in [0.1, 0.15) is 10.4 Å². The standard InChI is InChI=1S/C30H25N5O3S/c1-38-26-19-11-10-18-25(26)31-27(36)20-39-30-34-33-28(35(30)22-14-6-3-7-15-22)23-16-8-9-17-24(23)32-29(37)21-12-4-2-5-13-21/h2-19H,20H2,1H3,(H,31,36)(H,32,37). The fourth-order valence-electron chi connectivity index (χ4n) is 3.98. The molecule has 2 amide bonds. The number of aromatic nitrogens is 3. The molecular weight excluding hydrogens is 510 g/mol. The van der Waals surface area contributed by atoms with Gasteiger partial charge in [-0.1, -0.05) is 72.4 Å². The van der Waals surface area contributed by atoms with Crippen molar-refractivity contribution < 1.29 is 14.3 Å². The number of amides is 2. The van der Waals surface area contributed by atoms with Gasteiger partial charge in [0.1, 0.15) is 5.75 Å². The molecule has 194 valence electrons. The highest BCUT2D eigenvalue weighted by molar-refractivity contribution is 7.99. The number of para-hydroxylation sites is 4. The lowest BCUT2D eigenvalue weighted by Crippen LogP contribution is -2.15. The van der Waals surface area contributed by atoms with E-state index >= 15 is 0 Å². The lowest BCUT2D eigenvalue weighted by Gasteiger charge is -2.14. The topological polar surface area (TPSA) is 98.1 Å². The molecule has 0 aliphatic rings. The Morgan fingerprint density at radius 2 is 1.41 bits per heavy atom. The van der Waals surface area contributed by atoms with E-state index in [0.717, 1.165) is 5.69 Å². The highest BCUT2D eigenvalue weighted by atomic mass is 32.2. The zero-order chi connectivity index (χ0) is 27.0. The number of thioether (sulfide) groups is 1. The maximum absolute atomic E-state index is 12.9. The molecule has 0 aliphatic carbocycles. The van der Waals surface area contributed by atoms with E-state index in [1.807, 2.05) is 89.5 Å². The summed E-state index contributed by atoms with van der Waals surface area (Å²) in [6.07, 6.45) is 0. The summed E-state index contributed by atoms with van der Waals surface area (Å²) in [6.45, 7) is 0. The number of carbonyl (C=O) groups is 2. The maximum atomic E-state index is 12.9. The zero-order valence-electron chi connectivity index (χ0n) is 21.1. The number of hydrogen-bond donors (Lipinski definition) is 2. The van der Waals surface area contributed by atoms with Gasteiger partial charge in [-0.25, -0.2) is 0 Å². The molecule has 2 N–H and O–H groups in total. The van der Waals surface area contributed by atoms with Gasteiger partial charge in [-0.3, -0.25) is 14.2 Å². The predicted molar refractivity (Wildman–Crippen MR) is 154 cm³/mol. The SMILES string of the molecule is COc1ccccc1NC(=O)CSc1nnc(-c2ccccc2NC(=O)c2ccccc2)n1-c1ccccc1. The van der Waals surface area contributed by atoms with Crippen molar-refractivity contribution in [3.63, 3.8) is 0 Å². The third-order valence-electron chi connectivity index (χ3n) is 5.81. The van der Waals surface area contributed by atoms with Crippen molar-refractivity contribution in [2.24, 2.45) is 0 Å². The van der Waals surface area contributed by atoms with Gasteiger partial charge in [0.05, 0.1) is 24.2 Å². The van der Waals surface area contributed by atoms with Crippen molar-refractivity contribution in [3.05, 3.63) is 115 Å². The quantitative estimate of drug-likeness (QED) is 0.227. The largest absolute Gasteiger partial charge is 0.495 e. The Balaban J connectivity index is 1.44. The third kappa shape index (κ3) is 6.00. The Hall–Kier alpha value is -4.89. The number of nitrogens with one attached hydrogen (secondary N) is 2. The van der Waals surface area contributed by atoms with Crippen LogP contribution < -0.4 is 15.4 Å². The fourth-order valence-corrected chi connectivity index (χ4v) is 4.74. The van der Waals surface area contributed by atoms with Crippen molar-refractivity contribution in [1.29, 1.82) is 0 Å². The molecular formula is C30H25N5O3S. The van der Waals surface area contributed by atoms with Crippen molar-refractivity contribution >= 4 is 35.0 Å². The number of rotatable bonds is 9. The Bertz CT molecular complexity index is 1590. The van der Waals surface area contributed by atoms with Gasteiger partial charge in [-0.15, -0.1) is 10.2 Å². The molecule has 5 aromatic rings. The van der Waals surface area contributed by atoms with Gasteiger partial charge in [0.2, 0.25) is 5.91 Å². The molecule has 0 aliphatic heterocycles. The number of nitrogens with zero attached hydrogens (tertiary/aromatic N) is 3. The van der Waals surface area contributed by atoms with Crippen LogP contribution in [0, 0.1) is 0 Å². The molecule has 0 unspecified atom stereocenters. The molecule has 4 aromatic carbocycles. The number of carbonyl (C=O) groups excluding carboxylic acids is 2. The summed E-state index contributed by atoms with van der Waals surface area (Å²) in [5.41, 5.74) is 3.27. The Kier molecular flexibility index (Phi) is 7.99. The molecule has 0 fully saturated rings. The molecule has 8 nitrogen and oxygen atoms in total. The van der Waals surface area contributed by atoms with E-state index in [1.54, 1.807) is 31.4 Å². The molecule has 9 heteroatoms. The smallest absolute Gasteiger partial charge is 0.255 e. The summed E-state index contributed by atoms with van der Waals surface area (Å²) < 4.78 is 7.21. The van der Waals surface area contributed by atoms with E-state index in [-0.39, 0.29) is 17.6 Å². The van der Waals surface area contributed by atoms with Crippen molar-refractivity contribution in [2.75, 3.05) is 23.5 Å². The summed E-state index contributed by atoms with van der Waals surface area (Å²) in [5, 5.41) is 15.3. The summed E-state index contributed by atoms with van der Waals surface area (Å²) >= 11 is 1.26. The van der Waals surface area contributed by atoms with Gasteiger partial charge in [-0.2, -0.15) is 0 Å². The van der Waals surface area contributed by atoms with E-state index < -0.39 is 0 Å². The summed E-state index contributed by atoms with van der Waals surface area (Å²) in [6, 6.07) is 33.4. The molecule has 5 rings (SSSR count). The second-order valence-corrected chi connectivity index (χ2v) is 9.32. The molecule has 1 aromatic heterocycles. The van der Waals surface area contributed by atoms with Gasteiger partial charge < -0.3 is 15.4 Å². The summed E-state index contributed by atoms with van der Waals surface area (Å²) in [4.78, 5) is 25.7. The van der Waals surface area contributed by atoms with Crippen LogP contribution in [0.15, 0.2) is 114 Å². The van der Waals surface area contributed by atoms with Crippen LogP contribution in [-0.4, -0.2) is 39.4 Å². The van der Waals surface area contributed by atoms with E-state index in [2.05, 4.69) is 20.8 Å². The molecule has 0 saturated heterocycles. The lowest BCUT2D eigenvalue weighted by atomic mass is 10.1. The Morgan fingerprint density at radius 1 is 0.769 bits per heavy atom. The van der Waals surface area contributed by atoms with Crippen molar-refractivity contribution in [3.8, 4) is 22.8 Å². The third-order valence-corrected chi connectivity index (χ3v) is 6.74. The second-order valence-electron chi connectivity index (χ2n) is 8.38. The molecule has 0 atom stereocenters. The van der Waals surface area contributed by atoms with Crippen molar-refractivity contribution in [1.82, 2.24) is 14.8 Å². The molecule has 1 heterocycles. The number of ether oxygens (including phenoxy) is 1. The number of benzene rings is 4. The van der Waals surface area contributed by atoms with Gasteiger partial charge >= 0.3 is 0 Å². The summed E-state index contributed by atoms with van der Waals surface area (Å²) in [5.74, 6) is 0.799. The average Bonchev–Trinajstić information content (AvgIpc) is 3.41. The van der Waals surface area contributed by atoms with Crippen LogP contribution >= 0.6 is 11.8 Å². The first-order valence-electron chi connectivity index (χ1n) is 12.2. The van der Waals surface area contributed by atoms with Gasteiger partial charge in [0.25, 0.3) is 5.91 Å². The zero-order valence-corrected chi connectivity index (χ0v) is 21.9. The van der Waals surface area contributed by atoms with Gasteiger partial charge in [0, 0.05) is 16.8 Å². The first-order valence-corrected chi connectivity index (χ1v) is 13.1. The first-order chi connectivity index (χ1) is 19.1. The summed E-state index contributed by atoms with van der Waals surface area (Å²) in [7, 11) is 1.56.